The van der Waals surface area contributed by atoms with Gasteiger partial charge in [0.2, 0.25) is 0 Å². The van der Waals surface area contributed by atoms with E-state index in [0.717, 1.165) is 16.6 Å². The van der Waals surface area contributed by atoms with Crippen molar-refractivity contribution in [1.29, 1.82) is 0 Å². The molecule has 0 saturated carbocycles. The lowest BCUT2D eigenvalue weighted by Gasteiger charge is -2.03. The quantitative estimate of drug-likeness (QED) is 0.900. The maximum Gasteiger partial charge on any atom is 0.182 e. The SMILES string of the molecule is CNc1ncc(Cc2ccc(Cl)cc2C)s1. The zero-order valence-electron chi connectivity index (χ0n) is 9.25. The second-order valence-corrected chi connectivity index (χ2v) is 5.18. The Morgan fingerprint density at radius 1 is 1.44 bits per heavy atom. The normalized spacial score (nSPS) is 10.4. The molecule has 16 heavy (non-hydrogen) atoms. The smallest absolute Gasteiger partial charge is 0.182 e. The van der Waals surface area contributed by atoms with Crippen molar-refractivity contribution in [2.75, 3.05) is 12.4 Å². The van der Waals surface area contributed by atoms with Gasteiger partial charge in [-0.15, -0.1) is 11.3 Å². The molecule has 1 aromatic heterocycles. The lowest BCUT2D eigenvalue weighted by atomic mass is 10.1. The van der Waals surface area contributed by atoms with Gasteiger partial charge in [0.05, 0.1) is 0 Å². The highest BCUT2D eigenvalue weighted by molar-refractivity contribution is 7.15. The molecule has 1 heterocycles. The van der Waals surface area contributed by atoms with Crippen LogP contribution in [0.2, 0.25) is 5.02 Å². The second kappa shape index (κ2) is 4.85. The number of thiazole rings is 1. The Kier molecular flexibility index (Phi) is 3.46. The minimum absolute atomic E-state index is 0.793. The van der Waals surface area contributed by atoms with Crippen molar-refractivity contribution in [2.45, 2.75) is 13.3 Å². The van der Waals surface area contributed by atoms with Crippen LogP contribution in [0.3, 0.4) is 0 Å². The van der Waals surface area contributed by atoms with Crippen LogP contribution in [-0.4, -0.2) is 12.0 Å². The molecule has 0 amide bonds. The first kappa shape index (κ1) is 11.4. The van der Waals surface area contributed by atoms with Crippen molar-refractivity contribution in [1.82, 2.24) is 4.98 Å². The molecule has 0 radical (unpaired) electrons. The van der Waals surface area contributed by atoms with E-state index in [1.165, 1.54) is 16.0 Å². The third kappa shape index (κ3) is 2.54. The fourth-order valence-corrected chi connectivity index (χ4v) is 2.57. The predicted octanol–water partition coefficient (Wildman–Crippen LogP) is 3.74. The van der Waals surface area contributed by atoms with Gasteiger partial charge in [-0.25, -0.2) is 4.98 Å². The van der Waals surface area contributed by atoms with Crippen LogP contribution >= 0.6 is 22.9 Å². The number of nitrogens with one attached hydrogen (secondary N) is 1. The van der Waals surface area contributed by atoms with Gasteiger partial charge in [-0.2, -0.15) is 0 Å². The summed E-state index contributed by atoms with van der Waals surface area (Å²) in [5.74, 6) is 0. The summed E-state index contributed by atoms with van der Waals surface area (Å²) in [6.45, 7) is 2.08. The number of aryl methyl sites for hydroxylation is 1. The van der Waals surface area contributed by atoms with Gasteiger partial charge in [-0.1, -0.05) is 17.7 Å². The molecule has 0 aliphatic rings. The van der Waals surface area contributed by atoms with Crippen LogP contribution in [0.1, 0.15) is 16.0 Å². The summed E-state index contributed by atoms with van der Waals surface area (Å²) in [5, 5.41) is 4.80. The molecule has 2 nitrogen and oxygen atoms in total. The van der Waals surface area contributed by atoms with Gasteiger partial charge < -0.3 is 5.32 Å². The number of benzene rings is 1. The average Bonchev–Trinajstić information content (AvgIpc) is 2.70. The van der Waals surface area contributed by atoms with Gasteiger partial charge >= 0.3 is 0 Å². The van der Waals surface area contributed by atoms with E-state index in [4.69, 9.17) is 11.6 Å². The van der Waals surface area contributed by atoms with E-state index in [1.54, 1.807) is 11.3 Å². The summed E-state index contributed by atoms with van der Waals surface area (Å²) in [6, 6.07) is 6.01. The third-order valence-electron chi connectivity index (χ3n) is 2.44. The summed E-state index contributed by atoms with van der Waals surface area (Å²) in [5.41, 5.74) is 2.53. The Morgan fingerprint density at radius 2 is 2.25 bits per heavy atom. The van der Waals surface area contributed by atoms with Crippen LogP contribution in [-0.2, 0) is 6.42 Å². The molecule has 0 atom stereocenters. The lowest BCUT2D eigenvalue weighted by Crippen LogP contribution is -1.89. The number of hydrogen-bond acceptors (Lipinski definition) is 3. The van der Waals surface area contributed by atoms with E-state index in [9.17, 15) is 0 Å². The third-order valence-corrected chi connectivity index (χ3v) is 3.69. The molecule has 1 aromatic carbocycles. The number of aromatic nitrogens is 1. The fraction of sp³-hybridized carbons (Fsp3) is 0.250. The minimum atomic E-state index is 0.793. The molecule has 84 valence electrons. The van der Waals surface area contributed by atoms with E-state index < -0.39 is 0 Å². The van der Waals surface area contributed by atoms with Crippen LogP contribution in [0.25, 0.3) is 0 Å². The number of rotatable bonds is 3. The summed E-state index contributed by atoms with van der Waals surface area (Å²) in [4.78, 5) is 5.52. The number of hydrogen-bond donors (Lipinski definition) is 1. The molecule has 0 unspecified atom stereocenters. The zero-order chi connectivity index (χ0) is 11.5. The highest BCUT2D eigenvalue weighted by atomic mass is 35.5. The summed E-state index contributed by atoms with van der Waals surface area (Å²) >= 11 is 7.61. The van der Waals surface area contributed by atoms with Crippen molar-refractivity contribution in [2.24, 2.45) is 0 Å². The largest absolute Gasteiger partial charge is 0.365 e. The Balaban J connectivity index is 2.20. The van der Waals surface area contributed by atoms with Crippen LogP contribution in [0.4, 0.5) is 5.13 Å². The highest BCUT2D eigenvalue weighted by Gasteiger charge is 2.04. The molecule has 0 saturated heterocycles. The fourth-order valence-electron chi connectivity index (χ4n) is 1.55. The van der Waals surface area contributed by atoms with Crippen molar-refractivity contribution < 1.29 is 0 Å². The Morgan fingerprint density at radius 3 is 2.88 bits per heavy atom. The molecule has 0 aliphatic carbocycles. The maximum atomic E-state index is 5.93. The molecule has 0 bridgehead atoms. The summed E-state index contributed by atoms with van der Waals surface area (Å²) in [6.07, 6.45) is 2.84. The number of halogens is 1. The Hall–Kier alpha value is -1.06. The number of anilines is 1. The first-order valence-corrected chi connectivity index (χ1v) is 6.26. The van der Waals surface area contributed by atoms with E-state index in [0.29, 0.717) is 0 Å². The van der Waals surface area contributed by atoms with E-state index in [2.05, 4.69) is 23.3 Å². The molecule has 0 spiro atoms. The number of nitrogens with zero attached hydrogens (tertiary/aromatic N) is 1. The summed E-state index contributed by atoms with van der Waals surface area (Å²) < 4.78 is 0. The zero-order valence-corrected chi connectivity index (χ0v) is 10.8. The minimum Gasteiger partial charge on any atom is -0.365 e. The van der Waals surface area contributed by atoms with Crippen molar-refractivity contribution in [3.8, 4) is 0 Å². The van der Waals surface area contributed by atoms with Crippen LogP contribution in [0, 0.1) is 6.92 Å². The molecule has 2 rings (SSSR count). The highest BCUT2D eigenvalue weighted by Crippen LogP contribution is 2.23. The van der Waals surface area contributed by atoms with Gasteiger partial charge in [0.25, 0.3) is 0 Å². The molecule has 0 fully saturated rings. The molecular formula is C12H13ClN2S. The van der Waals surface area contributed by atoms with Crippen LogP contribution in [0.15, 0.2) is 24.4 Å². The monoisotopic (exact) mass is 252 g/mol. The molecule has 0 aliphatic heterocycles. The first-order chi connectivity index (χ1) is 7.69. The van der Waals surface area contributed by atoms with E-state index >= 15 is 0 Å². The van der Waals surface area contributed by atoms with Crippen molar-refractivity contribution in [3.05, 3.63) is 45.4 Å². The maximum absolute atomic E-state index is 5.93. The average molecular weight is 253 g/mol. The van der Waals surface area contributed by atoms with Gasteiger partial charge in [0.15, 0.2) is 5.13 Å². The Labute approximate surface area is 104 Å². The van der Waals surface area contributed by atoms with E-state index in [-0.39, 0.29) is 0 Å². The van der Waals surface area contributed by atoms with Crippen LogP contribution < -0.4 is 5.32 Å². The standard InChI is InChI=1S/C12H13ClN2S/c1-8-5-10(13)4-3-9(8)6-11-7-15-12(14-2)16-11/h3-5,7H,6H2,1-2H3,(H,14,15). The van der Waals surface area contributed by atoms with Gasteiger partial charge in [-0.3, -0.25) is 0 Å². The van der Waals surface area contributed by atoms with Crippen molar-refractivity contribution in [3.63, 3.8) is 0 Å². The summed E-state index contributed by atoms with van der Waals surface area (Å²) in [7, 11) is 1.89. The lowest BCUT2D eigenvalue weighted by molar-refractivity contribution is 1.18. The molecule has 4 heteroatoms. The topological polar surface area (TPSA) is 24.9 Å². The Bertz CT molecular complexity index is 494. The van der Waals surface area contributed by atoms with Crippen molar-refractivity contribution >= 4 is 28.1 Å². The van der Waals surface area contributed by atoms with Gasteiger partial charge in [-0.05, 0) is 30.2 Å². The van der Waals surface area contributed by atoms with Crippen LogP contribution in [0.5, 0.6) is 0 Å². The molecule has 1 N–H and O–H groups in total. The van der Waals surface area contributed by atoms with E-state index in [1.807, 2.05) is 25.4 Å². The molecular weight excluding hydrogens is 240 g/mol. The first-order valence-electron chi connectivity index (χ1n) is 5.06. The van der Waals surface area contributed by atoms with Gasteiger partial charge in [0.1, 0.15) is 0 Å². The van der Waals surface area contributed by atoms with Gasteiger partial charge in [0, 0.05) is 29.6 Å². The molecule has 2 aromatic rings. The predicted molar refractivity (Wildman–Crippen MR) is 70.7 cm³/mol. The second-order valence-electron chi connectivity index (χ2n) is 3.63.